The van der Waals surface area contributed by atoms with E-state index in [4.69, 9.17) is 23.2 Å². The van der Waals surface area contributed by atoms with Crippen molar-refractivity contribution in [1.29, 1.82) is 0 Å². The molecular formula is C23H22Cl2N2. The van der Waals surface area contributed by atoms with E-state index in [-0.39, 0.29) is 6.17 Å². The highest BCUT2D eigenvalue weighted by Gasteiger charge is 2.35. The number of halogens is 2. The van der Waals surface area contributed by atoms with Gasteiger partial charge in [-0.25, -0.2) is 0 Å². The van der Waals surface area contributed by atoms with Crippen molar-refractivity contribution >= 4 is 23.2 Å². The van der Waals surface area contributed by atoms with E-state index in [2.05, 4.69) is 70.5 Å². The summed E-state index contributed by atoms with van der Waals surface area (Å²) in [4.78, 5) is 4.93. The highest BCUT2D eigenvalue weighted by Crippen LogP contribution is 2.40. The van der Waals surface area contributed by atoms with Crippen LogP contribution in [0.15, 0.2) is 78.9 Å². The minimum atomic E-state index is 0.0617. The van der Waals surface area contributed by atoms with Crippen LogP contribution in [0.5, 0.6) is 0 Å². The topological polar surface area (TPSA) is 6.48 Å². The number of hydrogen-bond donors (Lipinski definition) is 0. The molecule has 4 heteroatoms. The van der Waals surface area contributed by atoms with Crippen LogP contribution in [0, 0.1) is 0 Å². The highest BCUT2D eigenvalue weighted by molar-refractivity contribution is 6.36. The van der Waals surface area contributed by atoms with Gasteiger partial charge in [-0.15, -0.1) is 0 Å². The molecule has 0 N–H and O–H groups in total. The van der Waals surface area contributed by atoms with Crippen LogP contribution in [0.4, 0.5) is 0 Å². The molecule has 0 atom stereocenters. The van der Waals surface area contributed by atoms with Crippen molar-refractivity contribution in [2.45, 2.75) is 19.3 Å². The third-order valence-corrected chi connectivity index (χ3v) is 5.74. The van der Waals surface area contributed by atoms with Crippen LogP contribution in [-0.4, -0.2) is 22.9 Å². The van der Waals surface area contributed by atoms with Crippen LogP contribution in [0.3, 0.4) is 0 Å². The second-order valence-electron chi connectivity index (χ2n) is 6.92. The maximum atomic E-state index is 6.61. The van der Waals surface area contributed by atoms with Gasteiger partial charge in [0.25, 0.3) is 0 Å². The molecule has 0 amide bonds. The molecular weight excluding hydrogens is 375 g/mol. The summed E-state index contributed by atoms with van der Waals surface area (Å²) in [7, 11) is 0. The Balaban J connectivity index is 1.67. The molecule has 1 heterocycles. The van der Waals surface area contributed by atoms with Crippen molar-refractivity contribution in [3.8, 4) is 0 Å². The quantitative estimate of drug-likeness (QED) is 0.520. The predicted octanol–water partition coefficient (Wildman–Crippen LogP) is 6.01. The lowest BCUT2D eigenvalue weighted by molar-refractivity contribution is 0.126. The minimum absolute atomic E-state index is 0.0617. The molecule has 0 aromatic heterocycles. The summed E-state index contributed by atoms with van der Waals surface area (Å²) in [6.45, 7) is 3.71. The summed E-state index contributed by atoms with van der Waals surface area (Å²) in [6.07, 6.45) is 0.0617. The smallest absolute Gasteiger partial charge is 0.0922 e. The third-order valence-electron chi connectivity index (χ3n) is 5.08. The number of rotatable bonds is 5. The summed E-state index contributed by atoms with van der Waals surface area (Å²) < 4.78 is 0. The lowest BCUT2D eigenvalue weighted by Crippen LogP contribution is -2.31. The zero-order chi connectivity index (χ0) is 18.6. The molecule has 1 aliphatic rings. The summed E-state index contributed by atoms with van der Waals surface area (Å²) >= 11 is 13.2. The molecule has 0 saturated carbocycles. The van der Waals surface area contributed by atoms with E-state index in [1.165, 1.54) is 11.1 Å². The zero-order valence-electron chi connectivity index (χ0n) is 15.1. The first-order valence-electron chi connectivity index (χ1n) is 9.22. The van der Waals surface area contributed by atoms with Gasteiger partial charge in [0.15, 0.2) is 0 Å². The Hall–Kier alpha value is -1.84. The SMILES string of the molecule is Clc1cccc(Cl)c1C1N(Cc2ccccc2)CCN1Cc1ccccc1. The monoisotopic (exact) mass is 396 g/mol. The molecule has 1 fully saturated rings. The average molecular weight is 397 g/mol. The predicted molar refractivity (Wildman–Crippen MR) is 113 cm³/mol. The fourth-order valence-electron chi connectivity index (χ4n) is 3.82. The minimum Gasteiger partial charge on any atom is -0.278 e. The van der Waals surface area contributed by atoms with Crippen molar-refractivity contribution in [3.63, 3.8) is 0 Å². The molecule has 0 unspecified atom stereocenters. The summed E-state index contributed by atoms with van der Waals surface area (Å²) in [5.74, 6) is 0. The van der Waals surface area contributed by atoms with Crippen molar-refractivity contribution in [2.24, 2.45) is 0 Å². The maximum Gasteiger partial charge on any atom is 0.0922 e. The molecule has 0 aliphatic carbocycles. The molecule has 1 saturated heterocycles. The fraction of sp³-hybridized carbons (Fsp3) is 0.217. The molecule has 3 aromatic rings. The normalized spacial score (nSPS) is 16.1. The van der Waals surface area contributed by atoms with Gasteiger partial charge in [0.1, 0.15) is 0 Å². The van der Waals surface area contributed by atoms with Crippen LogP contribution in [0.1, 0.15) is 22.9 Å². The van der Waals surface area contributed by atoms with Crippen LogP contribution in [0.2, 0.25) is 10.0 Å². The van der Waals surface area contributed by atoms with E-state index in [1.807, 2.05) is 18.2 Å². The van der Waals surface area contributed by atoms with Crippen molar-refractivity contribution in [2.75, 3.05) is 13.1 Å². The van der Waals surface area contributed by atoms with Gasteiger partial charge in [-0.1, -0.05) is 89.9 Å². The van der Waals surface area contributed by atoms with Gasteiger partial charge < -0.3 is 0 Å². The van der Waals surface area contributed by atoms with Crippen LogP contribution >= 0.6 is 23.2 Å². The average Bonchev–Trinajstić information content (AvgIpc) is 3.05. The molecule has 0 radical (unpaired) electrons. The second-order valence-corrected chi connectivity index (χ2v) is 7.74. The van der Waals surface area contributed by atoms with Crippen LogP contribution < -0.4 is 0 Å². The lowest BCUT2D eigenvalue weighted by atomic mass is 10.1. The Labute approximate surface area is 170 Å². The van der Waals surface area contributed by atoms with E-state index in [1.54, 1.807) is 0 Å². The Bertz CT molecular complexity index is 814. The van der Waals surface area contributed by atoms with E-state index >= 15 is 0 Å². The van der Waals surface area contributed by atoms with E-state index in [9.17, 15) is 0 Å². The van der Waals surface area contributed by atoms with Gasteiger partial charge >= 0.3 is 0 Å². The molecule has 0 bridgehead atoms. The first-order valence-corrected chi connectivity index (χ1v) is 9.98. The molecule has 1 aliphatic heterocycles. The molecule has 4 rings (SSSR count). The maximum absolute atomic E-state index is 6.61. The number of hydrogen-bond acceptors (Lipinski definition) is 2. The van der Waals surface area contributed by atoms with E-state index in [0.29, 0.717) is 0 Å². The number of benzene rings is 3. The number of nitrogens with zero attached hydrogens (tertiary/aromatic N) is 2. The van der Waals surface area contributed by atoms with Gasteiger partial charge in [-0.05, 0) is 23.3 Å². The summed E-state index contributed by atoms with van der Waals surface area (Å²) in [5.41, 5.74) is 3.60. The van der Waals surface area contributed by atoms with Crippen LogP contribution in [0.25, 0.3) is 0 Å². The molecule has 27 heavy (non-hydrogen) atoms. The van der Waals surface area contributed by atoms with Crippen molar-refractivity contribution in [1.82, 2.24) is 9.80 Å². The molecule has 0 spiro atoms. The lowest BCUT2D eigenvalue weighted by Gasteiger charge is -2.32. The molecule has 2 nitrogen and oxygen atoms in total. The summed E-state index contributed by atoms with van der Waals surface area (Å²) in [5, 5.41) is 1.45. The van der Waals surface area contributed by atoms with E-state index in [0.717, 1.165) is 41.8 Å². The van der Waals surface area contributed by atoms with Crippen LogP contribution in [-0.2, 0) is 13.1 Å². The first kappa shape index (κ1) is 18.5. The van der Waals surface area contributed by atoms with Gasteiger partial charge in [-0.3, -0.25) is 9.80 Å². The first-order chi connectivity index (χ1) is 13.2. The van der Waals surface area contributed by atoms with Crippen molar-refractivity contribution in [3.05, 3.63) is 106 Å². The Kier molecular flexibility index (Phi) is 5.80. The Morgan fingerprint density at radius 2 is 1.07 bits per heavy atom. The highest BCUT2D eigenvalue weighted by atomic mass is 35.5. The molecule has 3 aromatic carbocycles. The Morgan fingerprint density at radius 3 is 1.52 bits per heavy atom. The van der Waals surface area contributed by atoms with Crippen molar-refractivity contribution < 1.29 is 0 Å². The van der Waals surface area contributed by atoms with Gasteiger partial charge in [-0.2, -0.15) is 0 Å². The largest absolute Gasteiger partial charge is 0.278 e. The standard InChI is InChI=1S/C23H22Cl2N2/c24-20-12-7-13-21(25)22(20)23-26(16-18-8-3-1-4-9-18)14-15-27(23)17-19-10-5-2-6-11-19/h1-13,23H,14-17H2. The zero-order valence-corrected chi connectivity index (χ0v) is 16.6. The second kappa shape index (κ2) is 8.45. The Morgan fingerprint density at radius 1 is 0.630 bits per heavy atom. The fourth-order valence-corrected chi connectivity index (χ4v) is 4.41. The van der Waals surface area contributed by atoms with Gasteiger partial charge in [0.2, 0.25) is 0 Å². The van der Waals surface area contributed by atoms with E-state index < -0.39 is 0 Å². The third kappa shape index (κ3) is 4.20. The van der Waals surface area contributed by atoms with Gasteiger partial charge in [0.05, 0.1) is 6.17 Å². The summed E-state index contributed by atoms with van der Waals surface area (Å²) in [6, 6.07) is 26.9. The van der Waals surface area contributed by atoms with Gasteiger partial charge in [0, 0.05) is 41.8 Å². The molecule has 138 valence electrons.